The summed E-state index contributed by atoms with van der Waals surface area (Å²) in [4.78, 5) is 16.1. The Bertz CT molecular complexity index is 680. The normalized spacial score (nSPS) is 11.8. The van der Waals surface area contributed by atoms with Crippen LogP contribution in [0.5, 0.6) is 0 Å². The van der Waals surface area contributed by atoms with Gasteiger partial charge in [-0.25, -0.2) is 4.39 Å². The number of carbonyl (C=O) groups is 1. The molecule has 1 aromatic heterocycles. The molecule has 1 atom stereocenters. The first kappa shape index (κ1) is 16.6. The van der Waals surface area contributed by atoms with Crippen molar-refractivity contribution in [2.75, 3.05) is 11.9 Å². The SMILES string of the molecule is CC(O)CNC(=O)c1ccncc1Nc1ccc(I)cc1F. The molecule has 2 rings (SSSR count). The van der Waals surface area contributed by atoms with Crippen LogP contribution in [0.1, 0.15) is 17.3 Å². The Morgan fingerprint density at radius 2 is 2.18 bits per heavy atom. The van der Waals surface area contributed by atoms with Crippen molar-refractivity contribution in [3.63, 3.8) is 0 Å². The lowest BCUT2D eigenvalue weighted by atomic mass is 10.2. The van der Waals surface area contributed by atoms with Gasteiger partial charge in [0.2, 0.25) is 0 Å². The summed E-state index contributed by atoms with van der Waals surface area (Å²) < 4.78 is 14.7. The Labute approximate surface area is 141 Å². The fraction of sp³-hybridized carbons (Fsp3) is 0.200. The first-order valence-electron chi connectivity index (χ1n) is 6.59. The second kappa shape index (κ2) is 7.50. The highest BCUT2D eigenvalue weighted by atomic mass is 127. The van der Waals surface area contributed by atoms with Crippen molar-refractivity contribution in [2.45, 2.75) is 13.0 Å². The summed E-state index contributed by atoms with van der Waals surface area (Å²) >= 11 is 2.02. The Morgan fingerprint density at radius 1 is 1.41 bits per heavy atom. The number of benzene rings is 1. The number of rotatable bonds is 5. The molecule has 0 aliphatic rings. The third-order valence-electron chi connectivity index (χ3n) is 2.82. The van der Waals surface area contributed by atoms with Gasteiger partial charge in [-0.05, 0) is 53.8 Å². The average Bonchev–Trinajstić information content (AvgIpc) is 2.48. The van der Waals surface area contributed by atoms with Gasteiger partial charge in [0.1, 0.15) is 5.82 Å². The molecule has 0 aliphatic heterocycles. The molecule has 3 N–H and O–H groups in total. The molecular formula is C15H15FIN3O2. The number of aromatic nitrogens is 1. The molecule has 1 heterocycles. The molecule has 5 nitrogen and oxygen atoms in total. The zero-order chi connectivity index (χ0) is 16.1. The van der Waals surface area contributed by atoms with E-state index in [0.717, 1.165) is 3.57 Å². The second-order valence-electron chi connectivity index (χ2n) is 4.73. The van der Waals surface area contributed by atoms with Crippen molar-refractivity contribution in [2.24, 2.45) is 0 Å². The van der Waals surface area contributed by atoms with E-state index in [1.807, 2.05) is 22.6 Å². The quantitative estimate of drug-likeness (QED) is 0.657. The number of nitrogens with one attached hydrogen (secondary N) is 2. The molecule has 0 fully saturated rings. The van der Waals surface area contributed by atoms with Crippen molar-refractivity contribution in [1.29, 1.82) is 0 Å². The van der Waals surface area contributed by atoms with Gasteiger partial charge >= 0.3 is 0 Å². The van der Waals surface area contributed by atoms with Crippen molar-refractivity contribution in [3.8, 4) is 0 Å². The van der Waals surface area contributed by atoms with Crippen LogP contribution in [0.3, 0.4) is 0 Å². The summed E-state index contributed by atoms with van der Waals surface area (Å²) in [6, 6.07) is 6.29. The van der Waals surface area contributed by atoms with Gasteiger partial charge in [-0.1, -0.05) is 0 Å². The lowest BCUT2D eigenvalue weighted by Gasteiger charge is -2.13. The van der Waals surface area contributed by atoms with Crippen LogP contribution in [0.2, 0.25) is 0 Å². The van der Waals surface area contributed by atoms with E-state index in [4.69, 9.17) is 0 Å². The molecule has 2 aromatic rings. The van der Waals surface area contributed by atoms with E-state index in [1.54, 1.807) is 19.1 Å². The van der Waals surface area contributed by atoms with Gasteiger partial charge in [-0.3, -0.25) is 9.78 Å². The Kier molecular flexibility index (Phi) is 5.67. The van der Waals surface area contributed by atoms with E-state index in [1.165, 1.54) is 24.5 Å². The van der Waals surface area contributed by atoms with E-state index in [2.05, 4.69) is 15.6 Å². The third kappa shape index (κ3) is 4.38. The molecular weight excluding hydrogens is 400 g/mol. The molecule has 116 valence electrons. The van der Waals surface area contributed by atoms with Crippen LogP contribution >= 0.6 is 22.6 Å². The van der Waals surface area contributed by atoms with Crippen LogP contribution in [-0.2, 0) is 0 Å². The minimum absolute atomic E-state index is 0.137. The highest BCUT2D eigenvalue weighted by Gasteiger charge is 2.13. The first-order chi connectivity index (χ1) is 10.5. The molecule has 1 aromatic carbocycles. The van der Waals surface area contributed by atoms with Gasteiger partial charge in [0, 0.05) is 16.3 Å². The molecule has 0 saturated heterocycles. The number of amides is 1. The number of halogens is 2. The number of aliphatic hydroxyl groups excluding tert-OH is 1. The Balaban J connectivity index is 2.22. The number of hydrogen-bond donors (Lipinski definition) is 3. The number of carbonyl (C=O) groups excluding carboxylic acids is 1. The Hall–Kier alpha value is -1.74. The molecule has 0 spiro atoms. The van der Waals surface area contributed by atoms with Gasteiger partial charge in [-0.15, -0.1) is 0 Å². The van der Waals surface area contributed by atoms with E-state index in [0.29, 0.717) is 11.3 Å². The van der Waals surface area contributed by atoms with Gasteiger partial charge in [0.15, 0.2) is 0 Å². The largest absolute Gasteiger partial charge is 0.392 e. The number of nitrogens with zero attached hydrogens (tertiary/aromatic N) is 1. The number of hydrogen-bond acceptors (Lipinski definition) is 4. The van der Waals surface area contributed by atoms with E-state index < -0.39 is 11.9 Å². The Morgan fingerprint density at radius 3 is 2.86 bits per heavy atom. The summed E-state index contributed by atoms with van der Waals surface area (Å²) in [5, 5.41) is 14.7. The summed E-state index contributed by atoms with van der Waals surface area (Å²) in [6.07, 6.45) is 2.29. The average molecular weight is 415 g/mol. The smallest absolute Gasteiger partial charge is 0.253 e. The fourth-order valence-corrected chi connectivity index (χ4v) is 2.22. The molecule has 22 heavy (non-hydrogen) atoms. The standard InChI is InChI=1S/C15H15FIN3O2/c1-9(21)7-19-15(22)11-4-5-18-8-14(11)20-13-3-2-10(17)6-12(13)16/h2-6,8-9,20-21H,7H2,1H3,(H,19,22). The van der Waals surface area contributed by atoms with Gasteiger partial charge in [0.05, 0.1) is 29.2 Å². The van der Waals surface area contributed by atoms with Crippen molar-refractivity contribution >= 4 is 39.9 Å². The highest BCUT2D eigenvalue weighted by molar-refractivity contribution is 14.1. The molecule has 7 heteroatoms. The summed E-state index contributed by atoms with van der Waals surface area (Å²) in [7, 11) is 0. The minimum atomic E-state index is -0.643. The summed E-state index contributed by atoms with van der Waals surface area (Å²) in [5.41, 5.74) is 0.984. The van der Waals surface area contributed by atoms with Crippen LogP contribution in [0.25, 0.3) is 0 Å². The summed E-state index contributed by atoms with van der Waals surface area (Å²) in [5.74, 6) is -0.775. The van der Waals surface area contributed by atoms with Gasteiger partial charge in [0.25, 0.3) is 5.91 Å². The van der Waals surface area contributed by atoms with E-state index >= 15 is 0 Å². The van der Waals surface area contributed by atoms with Crippen LogP contribution in [0.15, 0.2) is 36.7 Å². The number of aliphatic hydroxyl groups is 1. The lowest BCUT2D eigenvalue weighted by Crippen LogP contribution is -2.31. The second-order valence-corrected chi connectivity index (χ2v) is 5.98. The first-order valence-corrected chi connectivity index (χ1v) is 7.67. The van der Waals surface area contributed by atoms with Crippen LogP contribution in [0.4, 0.5) is 15.8 Å². The van der Waals surface area contributed by atoms with E-state index in [9.17, 15) is 14.3 Å². The maximum Gasteiger partial charge on any atom is 0.253 e. The van der Waals surface area contributed by atoms with Crippen LogP contribution in [-0.4, -0.2) is 28.6 Å². The minimum Gasteiger partial charge on any atom is -0.392 e. The van der Waals surface area contributed by atoms with Crippen LogP contribution < -0.4 is 10.6 Å². The molecule has 0 bridgehead atoms. The molecule has 1 amide bonds. The number of pyridine rings is 1. The van der Waals surface area contributed by atoms with Crippen molar-refractivity contribution in [1.82, 2.24) is 10.3 Å². The molecule has 0 aliphatic carbocycles. The maximum absolute atomic E-state index is 13.9. The molecule has 0 radical (unpaired) electrons. The number of anilines is 2. The van der Waals surface area contributed by atoms with E-state index in [-0.39, 0.29) is 18.1 Å². The fourth-order valence-electron chi connectivity index (χ4n) is 1.76. The molecule has 1 unspecified atom stereocenters. The predicted molar refractivity (Wildman–Crippen MR) is 90.7 cm³/mol. The third-order valence-corrected chi connectivity index (χ3v) is 3.50. The highest BCUT2D eigenvalue weighted by Crippen LogP contribution is 2.23. The van der Waals surface area contributed by atoms with Gasteiger partial charge in [-0.2, -0.15) is 0 Å². The topological polar surface area (TPSA) is 74.2 Å². The summed E-state index contributed by atoms with van der Waals surface area (Å²) in [6.45, 7) is 1.71. The van der Waals surface area contributed by atoms with Crippen molar-refractivity contribution < 1.29 is 14.3 Å². The predicted octanol–water partition coefficient (Wildman–Crippen LogP) is 2.68. The van der Waals surface area contributed by atoms with Gasteiger partial charge < -0.3 is 15.7 Å². The maximum atomic E-state index is 13.9. The van der Waals surface area contributed by atoms with Crippen LogP contribution in [0, 0.1) is 9.39 Å². The van der Waals surface area contributed by atoms with Crippen molar-refractivity contribution in [3.05, 3.63) is 51.6 Å². The zero-order valence-corrected chi connectivity index (χ0v) is 14.0. The molecule has 0 saturated carbocycles. The monoisotopic (exact) mass is 415 g/mol. The zero-order valence-electron chi connectivity index (χ0n) is 11.8. The lowest BCUT2D eigenvalue weighted by molar-refractivity contribution is 0.0925.